The minimum atomic E-state index is -4.61. The number of carbonyl (C=O) groups is 3. The Kier molecular flexibility index (Phi) is 39.4. The predicted molar refractivity (Wildman–Crippen MR) is 257 cm³/mol. The van der Waals surface area contributed by atoms with Crippen LogP contribution in [0.25, 0.3) is 0 Å². The first-order chi connectivity index (χ1) is 29.6. The number of thiol groups is 1. The van der Waals surface area contributed by atoms with Crippen molar-refractivity contribution in [1.29, 1.82) is 0 Å². The molecule has 368 valence electrons. The molecule has 0 radical (unpaired) electrons. The highest BCUT2D eigenvalue weighted by molar-refractivity contribution is 7.82. The number of hydrogen-bond acceptors (Lipinski definition) is 10. The molecule has 62 heavy (non-hydrogen) atoms. The molecule has 0 aromatic rings. The van der Waals surface area contributed by atoms with Gasteiger partial charge in [-0.1, -0.05) is 214 Å². The molecule has 0 saturated heterocycles. The average Bonchev–Trinajstić information content (AvgIpc) is 3.22. The Morgan fingerprint density at radius 1 is 0.565 bits per heavy atom. The van der Waals surface area contributed by atoms with E-state index < -0.39 is 43.3 Å². The van der Waals surface area contributed by atoms with Crippen molar-refractivity contribution in [1.82, 2.24) is 5.32 Å². The zero-order valence-electron chi connectivity index (χ0n) is 40.8. The second kappa shape index (κ2) is 40.1. The Labute approximate surface area is 385 Å². The van der Waals surface area contributed by atoms with Crippen molar-refractivity contribution < 1.29 is 47.1 Å². The molecule has 0 aromatic heterocycles. The monoisotopic (exact) mass is 922 g/mol. The van der Waals surface area contributed by atoms with Gasteiger partial charge in [-0.2, -0.15) is 0 Å². The van der Waals surface area contributed by atoms with Crippen LogP contribution >= 0.6 is 20.5 Å². The minimum Gasteiger partial charge on any atom is -0.462 e. The third-order valence-electron chi connectivity index (χ3n) is 11.0. The molecule has 0 spiro atoms. The van der Waals surface area contributed by atoms with Crippen molar-refractivity contribution in [2.75, 3.05) is 33.0 Å². The zero-order valence-corrected chi connectivity index (χ0v) is 42.5. The summed E-state index contributed by atoms with van der Waals surface area (Å²) in [5.41, 5.74) is -0.171. The fraction of sp³-hybridized carbons (Fsp3) is 0.939. The standard InChI is InChI=1S/C49H96NO10PS/c1-7-9-11-13-15-17-19-21-23-25-27-29-31-33-35-37-45(51)56-41-44(42-59-61(54,55)58-40-39-50-47(53)49(6,62)57-43-48(3,4)5)60-46(52)38-36-34-32-30-28-26-24-22-20-18-16-14-12-10-8-2/h44,62H,7-43H2,1-6H3,(H,50,53)(H,54,55)/t44-,49?/m1/s1. The summed E-state index contributed by atoms with van der Waals surface area (Å²) in [6, 6.07) is 0. The van der Waals surface area contributed by atoms with Gasteiger partial charge < -0.3 is 24.4 Å². The van der Waals surface area contributed by atoms with E-state index in [0.717, 1.165) is 38.5 Å². The maximum atomic E-state index is 12.8. The molecule has 0 saturated carbocycles. The summed E-state index contributed by atoms with van der Waals surface area (Å²) in [5.74, 6) is -1.41. The van der Waals surface area contributed by atoms with Crippen LogP contribution in [0.1, 0.15) is 247 Å². The van der Waals surface area contributed by atoms with Gasteiger partial charge in [0.1, 0.15) is 6.61 Å². The van der Waals surface area contributed by atoms with Gasteiger partial charge in [-0.25, -0.2) is 4.57 Å². The van der Waals surface area contributed by atoms with Crippen molar-refractivity contribution in [3.8, 4) is 0 Å². The van der Waals surface area contributed by atoms with Gasteiger partial charge in [-0.05, 0) is 25.2 Å². The number of phosphoric ester groups is 1. The number of nitrogens with one attached hydrogen (secondary N) is 1. The van der Waals surface area contributed by atoms with Crippen LogP contribution in [-0.2, 0) is 42.2 Å². The predicted octanol–water partition coefficient (Wildman–Crippen LogP) is 13.9. The van der Waals surface area contributed by atoms with Crippen molar-refractivity contribution in [3.05, 3.63) is 0 Å². The van der Waals surface area contributed by atoms with Crippen LogP contribution in [0.2, 0.25) is 0 Å². The number of esters is 2. The van der Waals surface area contributed by atoms with E-state index in [9.17, 15) is 23.8 Å². The molecule has 0 rings (SSSR count). The number of rotatable bonds is 45. The number of phosphoric acid groups is 1. The largest absolute Gasteiger partial charge is 0.472 e. The Balaban J connectivity index is 4.62. The van der Waals surface area contributed by atoms with Crippen LogP contribution in [0.4, 0.5) is 0 Å². The maximum absolute atomic E-state index is 12.8. The summed E-state index contributed by atoms with van der Waals surface area (Å²) in [6.07, 6.45) is 36.2. The Morgan fingerprint density at radius 3 is 1.32 bits per heavy atom. The van der Waals surface area contributed by atoms with Gasteiger partial charge in [0.05, 0.1) is 19.8 Å². The first kappa shape index (κ1) is 60.8. The summed E-state index contributed by atoms with van der Waals surface area (Å²) in [5, 5.41) is 2.58. The third-order valence-corrected chi connectivity index (χ3v) is 12.3. The molecular formula is C49H96NO10PS. The van der Waals surface area contributed by atoms with Crippen LogP contribution in [0.5, 0.6) is 0 Å². The second-order valence-corrected chi connectivity index (χ2v) is 21.2. The van der Waals surface area contributed by atoms with Crippen molar-refractivity contribution >= 4 is 38.3 Å². The molecule has 0 aliphatic rings. The first-order valence-corrected chi connectivity index (χ1v) is 27.2. The lowest BCUT2D eigenvalue weighted by Crippen LogP contribution is -2.44. The van der Waals surface area contributed by atoms with Gasteiger partial charge in [0, 0.05) is 19.4 Å². The normalized spacial score (nSPS) is 14.3. The highest BCUT2D eigenvalue weighted by Gasteiger charge is 2.32. The number of carbonyl (C=O) groups excluding carboxylic acids is 3. The highest BCUT2D eigenvalue weighted by Crippen LogP contribution is 2.43. The van der Waals surface area contributed by atoms with E-state index in [1.807, 2.05) is 20.8 Å². The molecule has 2 N–H and O–H groups in total. The lowest BCUT2D eigenvalue weighted by molar-refractivity contribution is -0.161. The van der Waals surface area contributed by atoms with Gasteiger partial charge >= 0.3 is 19.8 Å². The van der Waals surface area contributed by atoms with Gasteiger partial charge in [0.2, 0.25) is 0 Å². The van der Waals surface area contributed by atoms with E-state index in [1.165, 1.54) is 148 Å². The molecule has 1 amide bonds. The van der Waals surface area contributed by atoms with Crippen LogP contribution in [0.15, 0.2) is 0 Å². The topological polar surface area (TPSA) is 147 Å². The summed E-state index contributed by atoms with van der Waals surface area (Å²) >= 11 is 4.31. The molecule has 0 fully saturated rings. The fourth-order valence-corrected chi connectivity index (χ4v) is 7.92. The molecular weight excluding hydrogens is 826 g/mol. The summed E-state index contributed by atoms with van der Waals surface area (Å²) in [7, 11) is -4.61. The number of ether oxygens (including phenoxy) is 3. The molecule has 11 nitrogen and oxygen atoms in total. The molecule has 0 aliphatic heterocycles. The smallest absolute Gasteiger partial charge is 0.462 e. The van der Waals surface area contributed by atoms with Crippen LogP contribution in [-0.4, -0.2) is 66.7 Å². The molecule has 2 unspecified atom stereocenters. The van der Waals surface area contributed by atoms with E-state index in [2.05, 4.69) is 31.8 Å². The highest BCUT2D eigenvalue weighted by atomic mass is 32.1. The Hall–Kier alpha value is -1.17. The molecule has 0 heterocycles. The van der Waals surface area contributed by atoms with E-state index in [0.29, 0.717) is 19.4 Å². The first-order valence-electron chi connectivity index (χ1n) is 25.2. The molecule has 3 atom stereocenters. The van der Waals surface area contributed by atoms with E-state index in [-0.39, 0.29) is 38.0 Å². The van der Waals surface area contributed by atoms with Gasteiger partial charge in [-0.15, -0.1) is 12.6 Å². The van der Waals surface area contributed by atoms with Crippen molar-refractivity contribution in [2.45, 2.75) is 258 Å². The number of unbranched alkanes of at least 4 members (excludes halogenated alkanes) is 28. The molecule has 0 bridgehead atoms. The van der Waals surface area contributed by atoms with E-state index in [4.69, 9.17) is 23.3 Å². The minimum absolute atomic E-state index is 0.101. The Bertz CT molecular complexity index is 1130. The lowest BCUT2D eigenvalue weighted by Gasteiger charge is -2.28. The summed E-state index contributed by atoms with van der Waals surface area (Å²) in [4.78, 5) is 46.9. The molecule has 13 heteroatoms. The van der Waals surface area contributed by atoms with Gasteiger partial charge in [0.25, 0.3) is 5.91 Å². The number of hydrogen-bond donors (Lipinski definition) is 3. The number of amides is 1. The maximum Gasteiger partial charge on any atom is 0.472 e. The van der Waals surface area contributed by atoms with E-state index in [1.54, 1.807) is 0 Å². The SMILES string of the molecule is CCCCCCCCCCCCCCCCCC(=O)OC[C@H](COP(=O)(O)OCCNC(=O)C(C)(S)OCC(C)(C)C)OC(=O)CCCCCCCCCCCCCCCCC. The second-order valence-electron chi connectivity index (χ2n) is 18.9. The fourth-order valence-electron chi connectivity index (χ4n) is 7.03. The third kappa shape index (κ3) is 41.5. The quantitative estimate of drug-likeness (QED) is 0.0177. The van der Waals surface area contributed by atoms with Crippen LogP contribution in [0, 0.1) is 5.41 Å². The average molecular weight is 922 g/mol. The van der Waals surface area contributed by atoms with Crippen LogP contribution < -0.4 is 5.32 Å². The summed E-state index contributed by atoms with van der Waals surface area (Å²) < 4.78 is 39.6. The van der Waals surface area contributed by atoms with Crippen molar-refractivity contribution in [2.24, 2.45) is 5.41 Å². The molecule has 0 aromatic carbocycles. The van der Waals surface area contributed by atoms with Crippen molar-refractivity contribution in [3.63, 3.8) is 0 Å². The van der Waals surface area contributed by atoms with Crippen LogP contribution in [0.3, 0.4) is 0 Å². The zero-order chi connectivity index (χ0) is 46.2. The molecule has 0 aliphatic carbocycles. The van der Waals surface area contributed by atoms with E-state index >= 15 is 0 Å². The Morgan fingerprint density at radius 2 is 0.935 bits per heavy atom. The lowest BCUT2D eigenvalue weighted by atomic mass is 9.98. The van der Waals surface area contributed by atoms with Gasteiger partial charge in [-0.3, -0.25) is 23.4 Å². The summed E-state index contributed by atoms with van der Waals surface area (Å²) in [6.45, 7) is 11.0. The van der Waals surface area contributed by atoms with Gasteiger partial charge in [0.15, 0.2) is 11.0 Å².